The molecule has 12 heavy (non-hydrogen) atoms. The average molecular weight is 168 g/mol. The van der Waals surface area contributed by atoms with Crippen molar-refractivity contribution in [2.24, 2.45) is 0 Å². The second-order valence-corrected chi connectivity index (χ2v) is 2.96. The summed E-state index contributed by atoms with van der Waals surface area (Å²) in [7, 11) is 0. The van der Waals surface area contributed by atoms with Gasteiger partial charge >= 0.3 is 0 Å². The molecule has 0 fully saturated rings. The molecule has 2 unspecified atom stereocenters. The van der Waals surface area contributed by atoms with Crippen molar-refractivity contribution >= 4 is 0 Å². The van der Waals surface area contributed by atoms with E-state index < -0.39 is 0 Å². The van der Waals surface area contributed by atoms with Crippen LogP contribution in [0.15, 0.2) is 12.7 Å². The number of likely N-dealkylation sites (N-methyl/N-ethyl adjacent to an activating group) is 1. The highest BCUT2D eigenvalue weighted by atomic mass is 15.3. The second kappa shape index (κ2) is 4.21. The van der Waals surface area contributed by atoms with Crippen LogP contribution in [0.1, 0.15) is 26.8 Å². The fourth-order valence-corrected chi connectivity index (χ4v) is 1.15. The fraction of sp³-hybridized carbons (Fsp3) is 0.750. The molecule has 0 aliphatic carbocycles. The summed E-state index contributed by atoms with van der Waals surface area (Å²) in [6.45, 7) is 7.36. The molecule has 0 aromatic carbocycles. The molecule has 1 N–H and O–H groups in total. The highest BCUT2D eigenvalue weighted by molar-refractivity contribution is 4.73. The number of aromatic nitrogens is 3. The monoisotopic (exact) mass is 168 g/mol. The highest BCUT2D eigenvalue weighted by Crippen LogP contribution is 2.07. The first-order valence-corrected chi connectivity index (χ1v) is 4.33. The van der Waals surface area contributed by atoms with E-state index in [1.54, 1.807) is 12.7 Å². The Morgan fingerprint density at radius 1 is 1.50 bits per heavy atom. The van der Waals surface area contributed by atoms with Gasteiger partial charge in [-0.1, -0.05) is 6.92 Å². The van der Waals surface area contributed by atoms with E-state index in [0.29, 0.717) is 12.1 Å². The largest absolute Gasteiger partial charge is 0.312 e. The molecule has 1 rings (SSSR count). The molecule has 1 aromatic heterocycles. The molecule has 4 heteroatoms. The van der Waals surface area contributed by atoms with Crippen LogP contribution in [-0.4, -0.2) is 27.4 Å². The molecule has 1 aromatic rings. The third-order valence-corrected chi connectivity index (χ3v) is 2.10. The third kappa shape index (κ3) is 2.04. The minimum atomic E-state index is 0.354. The molecule has 68 valence electrons. The van der Waals surface area contributed by atoms with Crippen molar-refractivity contribution < 1.29 is 0 Å². The lowest BCUT2D eigenvalue weighted by Gasteiger charge is -2.20. The number of nitrogens with one attached hydrogen (secondary N) is 1. The van der Waals surface area contributed by atoms with E-state index in [-0.39, 0.29) is 0 Å². The zero-order valence-corrected chi connectivity index (χ0v) is 7.86. The van der Waals surface area contributed by atoms with E-state index in [4.69, 9.17) is 0 Å². The predicted octanol–water partition coefficient (Wildman–Crippen LogP) is 0.837. The normalized spacial score (nSPS) is 15.9. The molecule has 0 aliphatic rings. The van der Waals surface area contributed by atoms with Gasteiger partial charge < -0.3 is 5.32 Å². The van der Waals surface area contributed by atoms with Crippen LogP contribution >= 0.6 is 0 Å². The first kappa shape index (κ1) is 9.19. The first-order valence-electron chi connectivity index (χ1n) is 4.33. The first-order chi connectivity index (χ1) is 5.75. The van der Waals surface area contributed by atoms with Crippen molar-refractivity contribution in [3.05, 3.63) is 12.7 Å². The van der Waals surface area contributed by atoms with Gasteiger partial charge in [-0.05, 0) is 20.4 Å². The Kier molecular flexibility index (Phi) is 3.22. The lowest BCUT2D eigenvalue weighted by molar-refractivity contribution is 0.371. The molecule has 0 spiro atoms. The van der Waals surface area contributed by atoms with E-state index >= 15 is 0 Å². The van der Waals surface area contributed by atoms with Gasteiger partial charge in [-0.2, -0.15) is 5.10 Å². The van der Waals surface area contributed by atoms with Gasteiger partial charge in [0.2, 0.25) is 0 Å². The van der Waals surface area contributed by atoms with Gasteiger partial charge in [-0.25, -0.2) is 9.67 Å². The summed E-state index contributed by atoms with van der Waals surface area (Å²) in [5, 5.41) is 7.43. The van der Waals surface area contributed by atoms with Crippen LogP contribution in [0.2, 0.25) is 0 Å². The lowest BCUT2D eigenvalue weighted by atomic mass is 10.2. The Bertz CT molecular complexity index is 207. The number of rotatable bonds is 4. The van der Waals surface area contributed by atoms with E-state index in [1.165, 1.54) is 0 Å². The molecule has 0 aliphatic heterocycles. The Morgan fingerprint density at radius 3 is 2.75 bits per heavy atom. The Labute approximate surface area is 73.0 Å². The van der Waals surface area contributed by atoms with Gasteiger partial charge in [-0.15, -0.1) is 0 Å². The molecule has 0 amide bonds. The summed E-state index contributed by atoms with van der Waals surface area (Å²) >= 11 is 0. The van der Waals surface area contributed by atoms with Gasteiger partial charge in [0.05, 0.1) is 6.04 Å². The van der Waals surface area contributed by atoms with Crippen molar-refractivity contribution in [1.29, 1.82) is 0 Å². The van der Waals surface area contributed by atoms with E-state index in [9.17, 15) is 0 Å². The number of hydrogen-bond acceptors (Lipinski definition) is 3. The summed E-state index contributed by atoms with van der Waals surface area (Å²) < 4.78 is 1.87. The van der Waals surface area contributed by atoms with Crippen LogP contribution in [0.3, 0.4) is 0 Å². The second-order valence-electron chi connectivity index (χ2n) is 2.96. The van der Waals surface area contributed by atoms with Crippen LogP contribution in [0, 0.1) is 0 Å². The van der Waals surface area contributed by atoms with Crippen molar-refractivity contribution in [2.45, 2.75) is 32.9 Å². The van der Waals surface area contributed by atoms with Gasteiger partial charge in [0.25, 0.3) is 0 Å². The maximum atomic E-state index is 4.09. The fourth-order valence-electron chi connectivity index (χ4n) is 1.15. The Hall–Kier alpha value is -0.900. The topological polar surface area (TPSA) is 42.7 Å². The average Bonchev–Trinajstić information content (AvgIpc) is 2.55. The maximum absolute atomic E-state index is 4.09. The molecule has 4 nitrogen and oxygen atoms in total. The SMILES string of the molecule is CCNC(C)C(C)n1cncn1. The summed E-state index contributed by atoms with van der Waals surface area (Å²) in [6, 6.07) is 0.782. The smallest absolute Gasteiger partial charge is 0.137 e. The van der Waals surface area contributed by atoms with Crippen LogP contribution in [0.25, 0.3) is 0 Å². The Morgan fingerprint density at radius 2 is 2.25 bits per heavy atom. The van der Waals surface area contributed by atoms with Crippen LogP contribution in [0.5, 0.6) is 0 Å². The zero-order valence-electron chi connectivity index (χ0n) is 7.86. The van der Waals surface area contributed by atoms with Gasteiger partial charge in [0.1, 0.15) is 12.7 Å². The summed E-state index contributed by atoms with van der Waals surface area (Å²) in [4.78, 5) is 3.91. The third-order valence-electron chi connectivity index (χ3n) is 2.10. The molecular formula is C8H16N4. The van der Waals surface area contributed by atoms with E-state index in [0.717, 1.165) is 6.54 Å². The number of nitrogens with zero attached hydrogens (tertiary/aromatic N) is 3. The van der Waals surface area contributed by atoms with Gasteiger partial charge in [0, 0.05) is 6.04 Å². The van der Waals surface area contributed by atoms with E-state index in [2.05, 4.69) is 36.2 Å². The number of hydrogen-bond donors (Lipinski definition) is 1. The van der Waals surface area contributed by atoms with Crippen LogP contribution in [-0.2, 0) is 0 Å². The quantitative estimate of drug-likeness (QED) is 0.724. The van der Waals surface area contributed by atoms with Crippen LogP contribution in [0.4, 0.5) is 0 Å². The standard InChI is InChI=1S/C8H16N4/c1-4-10-7(2)8(3)12-6-9-5-11-12/h5-8,10H,4H2,1-3H3. The lowest BCUT2D eigenvalue weighted by Crippen LogP contribution is -2.33. The van der Waals surface area contributed by atoms with Crippen molar-refractivity contribution in [3.8, 4) is 0 Å². The summed E-state index contributed by atoms with van der Waals surface area (Å²) in [6.07, 6.45) is 3.31. The minimum Gasteiger partial charge on any atom is -0.312 e. The molecule has 0 radical (unpaired) electrons. The summed E-state index contributed by atoms with van der Waals surface area (Å²) in [5.41, 5.74) is 0. The molecule has 0 saturated carbocycles. The van der Waals surface area contributed by atoms with Gasteiger partial charge in [-0.3, -0.25) is 0 Å². The Balaban J connectivity index is 2.53. The van der Waals surface area contributed by atoms with Crippen molar-refractivity contribution in [1.82, 2.24) is 20.1 Å². The molecule has 0 saturated heterocycles. The van der Waals surface area contributed by atoms with Crippen LogP contribution < -0.4 is 5.32 Å². The van der Waals surface area contributed by atoms with Crippen molar-refractivity contribution in [2.75, 3.05) is 6.54 Å². The summed E-state index contributed by atoms with van der Waals surface area (Å²) in [5.74, 6) is 0. The van der Waals surface area contributed by atoms with Gasteiger partial charge in [0.15, 0.2) is 0 Å². The molecular weight excluding hydrogens is 152 g/mol. The van der Waals surface area contributed by atoms with Crippen molar-refractivity contribution in [3.63, 3.8) is 0 Å². The zero-order chi connectivity index (χ0) is 8.97. The molecule has 2 atom stereocenters. The predicted molar refractivity (Wildman–Crippen MR) is 47.9 cm³/mol. The minimum absolute atomic E-state index is 0.354. The molecule has 1 heterocycles. The highest BCUT2D eigenvalue weighted by Gasteiger charge is 2.12. The molecule has 0 bridgehead atoms. The maximum Gasteiger partial charge on any atom is 0.137 e. The van der Waals surface area contributed by atoms with E-state index in [1.807, 2.05) is 4.68 Å².